The third kappa shape index (κ3) is 3.48. The molecule has 1 N–H and O–H groups in total. The zero-order chi connectivity index (χ0) is 17.9. The Morgan fingerprint density at radius 1 is 1.19 bits per heavy atom. The summed E-state index contributed by atoms with van der Waals surface area (Å²) in [5.74, 6) is 0.222. The average molecular weight is 348 g/mol. The maximum atomic E-state index is 12.5. The zero-order valence-electron chi connectivity index (χ0n) is 15.1. The van der Waals surface area contributed by atoms with E-state index in [-0.39, 0.29) is 11.9 Å². The normalized spacial score (nSPS) is 17.3. The van der Waals surface area contributed by atoms with Crippen LogP contribution in [0.3, 0.4) is 0 Å². The molecule has 0 aliphatic carbocycles. The van der Waals surface area contributed by atoms with Crippen LogP contribution >= 0.6 is 0 Å². The SMILES string of the molecule is CCn1cc(CNC2CC(=O)N(Cc3cccc4ccccc34)C2)cn1. The fraction of sp³-hybridized carbons (Fsp3) is 0.333. The Hall–Kier alpha value is -2.66. The van der Waals surface area contributed by atoms with Crippen LogP contribution in [0, 0.1) is 0 Å². The number of aromatic nitrogens is 2. The summed E-state index contributed by atoms with van der Waals surface area (Å²) in [7, 11) is 0. The molecule has 5 heteroatoms. The van der Waals surface area contributed by atoms with E-state index in [4.69, 9.17) is 0 Å². The van der Waals surface area contributed by atoms with E-state index in [1.807, 2.05) is 21.8 Å². The highest BCUT2D eigenvalue weighted by Gasteiger charge is 2.29. The van der Waals surface area contributed by atoms with Crippen LogP contribution < -0.4 is 5.32 Å². The van der Waals surface area contributed by atoms with Crippen molar-refractivity contribution in [2.45, 2.75) is 39.0 Å². The van der Waals surface area contributed by atoms with Gasteiger partial charge in [0, 0.05) is 50.4 Å². The number of aryl methyl sites for hydroxylation is 1. The van der Waals surface area contributed by atoms with Crippen LogP contribution in [-0.4, -0.2) is 33.2 Å². The van der Waals surface area contributed by atoms with Crippen LogP contribution in [0.5, 0.6) is 0 Å². The van der Waals surface area contributed by atoms with Crippen molar-refractivity contribution in [1.82, 2.24) is 20.0 Å². The van der Waals surface area contributed by atoms with Crippen LogP contribution in [-0.2, 0) is 24.4 Å². The summed E-state index contributed by atoms with van der Waals surface area (Å²) in [6.07, 6.45) is 4.51. The number of hydrogen-bond donors (Lipinski definition) is 1. The van der Waals surface area contributed by atoms with Gasteiger partial charge in [-0.2, -0.15) is 5.10 Å². The van der Waals surface area contributed by atoms with Crippen LogP contribution in [0.15, 0.2) is 54.9 Å². The number of likely N-dealkylation sites (tertiary alicyclic amines) is 1. The van der Waals surface area contributed by atoms with Gasteiger partial charge < -0.3 is 10.2 Å². The summed E-state index contributed by atoms with van der Waals surface area (Å²) in [6, 6.07) is 14.9. The number of nitrogens with one attached hydrogen (secondary N) is 1. The van der Waals surface area contributed by atoms with E-state index < -0.39 is 0 Å². The van der Waals surface area contributed by atoms with Crippen LogP contribution in [0.25, 0.3) is 10.8 Å². The van der Waals surface area contributed by atoms with Gasteiger partial charge >= 0.3 is 0 Å². The molecule has 1 atom stereocenters. The van der Waals surface area contributed by atoms with E-state index in [0.29, 0.717) is 13.0 Å². The lowest BCUT2D eigenvalue weighted by Gasteiger charge is -2.18. The lowest BCUT2D eigenvalue weighted by molar-refractivity contribution is -0.128. The van der Waals surface area contributed by atoms with Crippen molar-refractivity contribution in [2.24, 2.45) is 0 Å². The highest BCUT2D eigenvalue weighted by Crippen LogP contribution is 2.22. The zero-order valence-corrected chi connectivity index (χ0v) is 15.1. The van der Waals surface area contributed by atoms with E-state index >= 15 is 0 Å². The Morgan fingerprint density at radius 3 is 2.88 bits per heavy atom. The topological polar surface area (TPSA) is 50.2 Å². The number of carbonyl (C=O) groups is 1. The number of rotatable bonds is 6. The van der Waals surface area contributed by atoms with Gasteiger partial charge in [0.15, 0.2) is 0 Å². The second-order valence-corrected chi connectivity index (χ2v) is 6.90. The van der Waals surface area contributed by atoms with Crippen molar-refractivity contribution >= 4 is 16.7 Å². The molecule has 1 aliphatic rings. The third-order valence-electron chi connectivity index (χ3n) is 5.06. The molecule has 2 heterocycles. The van der Waals surface area contributed by atoms with E-state index in [1.54, 1.807) is 0 Å². The lowest BCUT2D eigenvalue weighted by atomic mass is 10.0. The summed E-state index contributed by atoms with van der Waals surface area (Å²) in [5.41, 5.74) is 2.37. The van der Waals surface area contributed by atoms with E-state index in [1.165, 1.54) is 16.3 Å². The predicted molar refractivity (Wildman–Crippen MR) is 103 cm³/mol. The van der Waals surface area contributed by atoms with Crippen molar-refractivity contribution in [3.05, 3.63) is 66.0 Å². The van der Waals surface area contributed by atoms with Gasteiger partial charge in [-0.15, -0.1) is 0 Å². The molecule has 26 heavy (non-hydrogen) atoms. The molecular formula is C21H24N4O. The van der Waals surface area contributed by atoms with Gasteiger partial charge in [0.05, 0.1) is 6.20 Å². The Labute approximate surface area is 153 Å². The van der Waals surface area contributed by atoms with Crippen LogP contribution in [0.4, 0.5) is 0 Å². The minimum Gasteiger partial charge on any atom is -0.337 e. The maximum Gasteiger partial charge on any atom is 0.224 e. The fourth-order valence-electron chi connectivity index (χ4n) is 3.63. The van der Waals surface area contributed by atoms with Crippen molar-refractivity contribution < 1.29 is 4.79 Å². The van der Waals surface area contributed by atoms with Gasteiger partial charge in [-0.25, -0.2) is 0 Å². The van der Waals surface area contributed by atoms with Gasteiger partial charge in [-0.05, 0) is 23.3 Å². The van der Waals surface area contributed by atoms with E-state index in [9.17, 15) is 4.79 Å². The molecule has 1 unspecified atom stereocenters. The van der Waals surface area contributed by atoms with E-state index in [0.717, 1.165) is 25.2 Å². The molecule has 1 amide bonds. The highest BCUT2D eigenvalue weighted by atomic mass is 16.2. The molecule has 1 fully saturated rings. The molecule has 1 aromatic heterocycles. The maximum absolute atomic E-state index is 12.5. The number of hydrogen-bond acceptors (Lipinski definition) is 3. The first-order valence-corrected chi connectivity index (χ1v) is 9.22. The summed E-state index contributed by atoms with van der Waals surface area (Å²) < 4.78 is 1.92. The minimum atomic E-state index is 0.197. The quantitative estimate of drug-likeness (QED) is 0.745. The number of benzene rings is 2. The molecule has 0 bridgehead atoms. The number of carbonyl (C=O) groups excluding carboxylic acids is 1. The first-order chi connectivity index (χ1) is 12.7. The first kappa shape index (κ1) is 16.8. The molecular weight excluding hydrogens is 324 g/mol. The molecule has 2 aromatic carbocycles. The third-order valence-corrected chi connectivity index (χ3v) is 5.06. The number of nitrogens with zero attached hydrogens (tertiary/aromatic N) is 3. The monoisotopic (exact) mass is 348 g/mol. The van der Waals surface area contributed by atoms with Crippen LogP contribution in [0.1, 0.15) is 24.5 Å². The molecule has 134 valence electrons. The number of fused-ring (bicyclic) bond motifs is 1. The van der Waals surface area contributed by atoms with Crippen molar-refractivity contribution in [1.29, 1.82) is 0 Å². The molecule has 0 saturated carbocycles. The molecule has 1 saturated heterocycles. The Bertz CT molecular complexity index is 912. The van der Waals surface area contributed by atoms with Gasteiger partial charge in [0.25, 0.3) is 0 Å². The largest absolute Gasteiger partial charge is 0.337 e. The summed E-state index contributed by atoms with van der Waals surface area (Å²) >= 11 is 0. The van der Waals surface area contributed by atoms with Crippen molar-refractivity contribution in [3.63, 3.8) is 0 Å². The first-order valence-electron chi connectivity index (χ1n) is 9.22. The smallest absolute Gasteiger partial charge is 0.224 e. The molecule has 4 rings (SSSR count). The minimum absolute atomic E-state index is 0.197. The standard InChI is InChI=1S/C21H24N4O/c1-2-25-13-16(12-23-25)11-22-19-10-21(26)24(15-19)14-18-8-5-7-17-6-3-4-9-20(17)18/h3-9,12-13,19,22H,2,10-11,14-15H2,1H3. The van der Waals surface area contributed by atoms with Crippen LogP contribution in [0.2, 0.25) is 0 Å². The molecule has 0 radical (unpaired) electrons. The van der Waals surface area contributed by atoms with Gasteiger partial charge in [0.1, 0.15) is 0 Å². The van der Waals surface area contributed by atoms with Crippen molar-refractivity contribution in [2.75, 3.05) is 6.54 Å². The summed E-state index contributed by atoms with van der Waals surface area (Å²) in [5, 5.41) is 10.2. The Kier molecular flexibility index (Phi) is 4.71. The van der Waals surface area contributed by atoms with Crippen molar-refractivity contribution in [3.8, 4) is 0 Å². The summed E-state index contributed by atoms with van der Waals surface area (Å²) in [4.78, 5) is 14.4. The predicted octanol–water partition coefficient (Wildman–Crippen LogP) is 2.95. The van der Waals surface area contributed by atoms with Gasteiger partial charge in [-0.3, -0.25) is 9.48 Å². The Morgan fingerprint density at radius 2 is 2.04 bits per heavy atom. The van der Waals surface area contributed by atoms with E-state index in [2.05, 4.69) is 59.9 Å². The second kappa shape index (κ2) is 7.30. The van der Waals surface area contributed by atoms with Gasteiger partial charge in [0.2, 0.25) is 5.91 Å². The average Bonchev–Trinajstić information content (AvgIpc) is 3.27. The van der Waals surface area contributed by atoms with Gasteiger partial charge in [-0.1, -0.05) is 42.5 Å². The lowest BCUT2D eigenvalue weighted by Crippen LogP contribution is -2.32. The molecule has 3 aromatic rings. The molecule has 1 aliphatic heterocycles. The molecule has 0 spiro atoms. The fourth-order valence-corrected chi connectivity index (χ4v) is 3.63. The number of amides is 1. The highest BCUT2D eigenvalue weighted by molar-refractivity contribution is 5.86. The Balaban J connectivity index is 1.40. The second-order valence-electron chi connectivity index (χ2n) is 6.90. The molecule has 5 nitrogen and oxygen atoms in total. The summed E-state index contributed by atoms with van der Waals surface area (Å²) in [6.45, 7) is 5.13.